The Morgan fingerprint density at radius 1 is 1.21 bits per heavy atom. The molecular formula is C11H12Cl3N3O2. The van der Waals surface area contributed by atoms with Crippen LogP contribution in [0.4, 0.5) is 4.79 Å². The van der Waals surface area contributed by atoms with Gasteiger partial charge in [-0.15, -0.1) is 12.4 Å². The first-order valence-corrected chi connectivity index (χ1v) is 5.78. The van der Waals surface area contributed by atoms with Crippen LogP contribution in [0, 0.1) is 5.41 Å². The van der Waals surface area contributed by atoms with E-state index < -0.39 is 11.3 Å². The second kappa shape index (κ2) is 8.74. The molecule has 0 aliphatic carbocycles. The highest BCUT2D eigenvalue weighted by molar-refractivity contribution is 6.64. The van der Waals surface area contributed by atoms with Crippen LogP contribution in [-0.4, -0.2) is 23.7 Å². The molecule has 0 atom stereocenters. The van der Waals surface area contributed by atoms with Gasteiger partial charge in [0.1, 0.15) is 5.84 Å². The molecule has 0 spiro atoms. The van der Waals surface area contributed by atoms with E-state index in [0.717, 1.165) is 5.56 Å². The highest BCUT2D eigenvalue weighted by Gasteiger charge is 2.06. The predicted octanol–water partition coefficient (Wildman–Crippen LogP) is 2.35. The van der Waals surface area contributed by atoms with Gasteiger partial charge in [0.15, 0.2) is 0 Å². The lowest BCUT2D eigenvalue weighted by atomic mass is 10.1. The van der Waals surface area contributed by atoms with Crippen LogP contribution in [0.2, 0.25) is 5.02 Å². The van der Waals surface area contributed by atoms with Gasteiger partial charge in [-0.05, 0) is 29.3 Å². The monoisotopic (exact) mass is 323 g/mol. The van der Waals surface area contributed by atoms with Crippen molar-refractivity contribution in [1.29, 1.82) is 5.41 Å². The van der Waals surface area contributed by atoms with Gasteiger partial charge in [0, 0.05) is 11.4 Å². The van der Waals surface area contributed by atoms with Crippen molar-refractivity contribution in [3.05, 3.63) is 34.9 Å². The molecule has 0 aliphatic rings. The molecule has 0 bridgehead atoms. The SMILES string of the molecule is Cl.N=C(Cc1ccc(Cl)cc1)NC(=O)NCC(=O)Cl. The molecule has 1 aromatic rings. The topological polar surface area (TPSA) is 82.1 Å². The fraction of sp³-hybridized carbons (Fsp3) is 0.182. The van der Waals surface area contributed by atoms with Crippen LogP contribution in [0.15, 0.2) is 24.3 Å². The smallest absolute Gasteiger partial charge is 0.320 e. The Balaban J connectivity index is 0.00000324. The lowest BCUT2D eigenvalue weighted by Gasteiger charge is -2.07. The molecule has 0 aromatic heterocycles. The van der Waals surface area contributed by atoms with Crippen LogP contribution in [0.5, 0.6) is 0 Å². The largest absolute Gasteiger partial charge is 0.329 e. The third kappa shape index (κ3) is 7.66. The Morgan fingerprint density at radius 3 is 2.32 bits per heavy atom. The number of nitrogens with one attached hydrogen (secondary N) is 3. The molecule has 0 unspecified atom stereocenters. The normalized spacial score (nSPS) is 9.16. The Hall–Kier alpha value is -1.30. The molecule has 1 rings (SSSR count). The van der Waals surface area contributed by atoms with Gasteiger partial charge in [-0.1, -0.05) is 23.7 Å². The standard InChI is InChI=1S/C11H11Cl2N3O2.ClH/c12-8-3-1-7(2-4-8)5-10(14)16-11(18)15-6-9(13)17;/h1-4H,5-6H2,(H3,14,15,16,18);1H. The summed E-state index contributed by atoms with van der Waals surface area (Å²) in [7, 11) is 0. The zero-order chi connectivity index (χ0) is 13.5. The number of amidine groups is 1. The lowest BCUT2D eigenvalue weighted by Crippen LogP contribution is -2.41. The van der Waals surface area contributed by atoms with Gasteiger partial charge < -0.3 is 5.32 Å². The Morgan fingerprint density at radius 2 is 1.79 bits per heavy atom. The van der Waals surface area contributed by atoms with E-state index in [4.69, 9.17) is 28.6 Å². The number of rotatable bonds is 4. The number of urea groups is 1. The van der Waals surface area contributed by atoms with Gasteiger partial charge in [0.05, 0.1) is 6.54 Å². The van der Waals surface area contributed by atoms with Crippen molar-refractivity contribution in [2.24, 2.45) is 0 Å². The average Bonchev–Trinajstić information content (AvgIpc) is 2.29. The van der Waals surface area contributed by atoms with Gasteiger partial charge in [-0.25, -0.2) is 4.79 Å². The number of carbonyl (C=O) groups excluding carboxylic acids is 2. The van der Waals surface area contributed by atoms with Crippen molar-refractivity contribution < 1.29 is 9.59 Å². The maximum atomic E-state index is 11.2. The highest BCUT2D eigenvalue weighted by atomic mass is 35.5. The minimum Gasteiger partial charge on any atom is -0.329 e. The molecule has 0 aliphatic heterocycles. The molecule has 0 fully saturated rings. The zero-order valence-electron chi connectivity index (χ0n) is 9.70. The maximum Gasteiger partial charge on any atom is 0.320 e. The van der Waals surface area contributed by atoms with E-state index in [1.807, 2.05) is 0 Å². The van der Waals surface area contributed by atoms with Crippen molar-refractivity contribution in [1.82, 2.24) is 10.6 Å². The van der Waals surface area contributed by atoms with E-state index in [1.165, 1.54) is 0 Å². The van der Waals surface area contributed by atoms with Crippen LogP contribution in [-0.2, 0) is 11.2 Å². The number of carbonyl (C=O) groups is 2. The van der Waals surface area contributed by atoms with E-state index in [2.05, 4.69) is 10.6 Å². The summed E-state index contributed by atoms with van der Waals surface area (Å²) in [5, 5.41) is 12.0. The van der Waals surface area contributed by atoms with Crippen LogP contribution in [0.1, 0.15) is 5.56 Å². The molecule has 5 nitrogen and oxygen atoms in total. The minimum absolute atomic E-state index is 0. The van der Waals surface area contributed by atoms with Gasteiger partial charge >= 0.3 is 6.03 Å². The van der Waals surface area contributed by atoms with Crippen LogP contribution < -0.4 is 10.6 Å². The summed E-state index contributed by atoms with van der Waals surface area (Å²) in [5.74, 6) is 0.0110. The van der Waals surface area contributed by atoms with Crippen molar-refractivity contribution in [3.63, 3.8) is 0 Å². The number of hydrogen-bond donors (Lipinski definition) is 3. The van der Waals surface area contributed by atoms with Crippen LogP contribution in [0.3, 0.4) is 0 Å². The zero-order valence-corrected chi connectivity index (χ0v) is 12.0. The summed E-state index contributed by atoms with van der Waals surface area (Å²) in [5.41, 5.74) is 0.845. The van der Waals surface area contributed by atoms with E-state index in [1.54, 1.807) is 24.3 Å². The van der Waals surface area contributed by atoms with Crippen molar-refractivity contribution in [2.75, 3.05) is 6.54 Å². The Bertz CT molecular complexity index is 463. The molecular weight excluding hydrogens is 312 g/mol. The van der Waals surface area contributed by atoms with Gasteiger partial charge in [0.25, 0.3) is 0 Å². The fourth-order valence-corrected chi connectivity index (χ4v) is 1.37. The first-order chi connectivity index (χ1) is 8.47. The molecule has 1 aromatic carbocycles. The molecule has 0 radical (unpaired) electrons. The first-order valence-electron chi connectivity index (χ1n) is 5.02. The number of amides is 2. The molecule has 8 heteroatoms. The average molecular weight is 325 g/mol. The summed E-state index contributed by atoms with van der Waals surface area (Å²) in [4.78, 5) is 21.6. The molecule has 19 heavy (non-hydrogen) atoms. The van der Waals surface area contributed by atoms with Crippen molar-refractivity contribution in [3.8, 4) is 0 Å². The second-order valence-electron chi connectivity index (χ2n) is 3.44. The maximum absolute atomic E-state index is 11.2. The third-order valence-corrected chi connectivity index (χ3v) is 2.33. The highest BCUT2D eigenvalue weighted by Crippen LogP contribution is 2.09. The van der Waals surface area contributed by atoms with E-state index in [0.29, 0.717) is 5.02 Å². The van der Waals surface area contributed by atoms with E-state index in [9.17, 15) is 9.59 Å². The van der Waals surface area contributed by atoms with Gasteiger partial charge in [-0.3, -0.25) is 15.5 Å². The third-order valence-electron chi connectivity index (χ3n) is 1.95. The summed E-state index contributed by atoms with van der Waals surface area (Å²) in [6.07, 6.45) is 0.263. The van der Waals surface area contributed by atoms with Gasteiger partial charge in [0.2, 0.25) is 5.24 Å². The summed E-state index contributed by atoms with van der Waals surface area (Å²) >= 11 is 10.8. The van der Waals surface area contributed by atoms with Crippen LogP contribution in [0.25, 0.3) is 0 Å². The summed E-state index contributed by atoms with van der Waals surface area (Å²) < 4.78 is 0. The number of halogens is 3. The summed E-state index contributed by atoms with van der Waals surface area (Å²) in [6, 6.07) is 6.30. The molecule has 0 saturated heterocycles. The Labute approximate surface area is 126 Å². The molecule has 0 heterocycles. The second-order valence-corrected chi connectivity index (χ2v) is 4.30. The number of benzene rings is 1. The molecule has 2 amide bonds. The van der Waals surface area contributed by atoms with Crippen molar-refractivity contribution >= 4 is 52.7 Å². The minimum atomic E-state index is -0.672. The molecule has 3 N–H and O–H groups in total. The van der Waals surface area contributed by atoms with Gasteiger partial charge in [-0.2, -0.15) is 0 Å². The Kier molecular flexibility index (Phi) is 8.14. The molecule has 104 valence electrons. The number of hydrogen-bond acceptors (Lipinski definition) is 3. The summed E-state index contributed by atoms with van der Waals surface area (Å²) in [6.45, 7) is -0.276. The first kappa shape index (κ1) is 17.7. The quantitative estimate of drug-likeness (QED) is 0.451. The lowest BCUT2D eigenvalue weighted by molar-refractivity contribution is -0.110. The predicted molar refractivity (Wildman–Crippen MR) is 77.5 cm³/mol. The fourth-order valence-electron chi connectivity index (χ4n) is 1.18. The van der Waals surface area contributed by atoms with E-state index >= 15 is 0 Å². The molecule has 0 saturated carbocycles. The van der Waals surface area contributed by atoms with Crippen LogP contribution >= 0.6 is 35.6 Å². The van der Waals surface area contributed by atoms with E-state index in [-0.39, 0.29) is 31.2 Å². The van der Waals surface area contributed by atoms with Crippen molar-refractivity contribution in [2.45, 2.75) is 6.42 Å².